The Balaban J connectivity index is 0.000000652. The number of benzene rings is 2. The van der Waals surface area contributed by atoms with Gasteiger partial charge in [-0.1, -0.05) is 45.9 Å². The van der Waals surface area contributed by atoms with Crippen LogP contribution < -0.4 is 15.5 Å². The zero-order valence-corrected chi connectivity index (χ0v) is 21.4. The van der Waals surface area contributed by atoms with Gasteiger partial charge in [0.2, 0.25) is 0 Å². The van der Waals surface area contributed by atoms with Crippen molar-refractivity contribution >= 4 is 28.1 Å². The van der Waals surface area contributed by atoms with Crippen LogP contribution in [0.4, 0.5) is 17.2 Å². The van der Waals surface area contributed by atoms with Crippen molar-refractivity contribution < 1.29 is 0 Å². The number of nitrogen functional groups attached to an aromatic ring is 1. The summed E-state index contributed by atoms with van der Waals surface area (Å²) in [5.41, 5.74) is 10.9. The first-order valence-electron chi connectivity index (χ1n) is 13.4. The summed E-state index contributed by atoms with van der Waals surface area (Å²) in [5.74, 6) is 3.28. The third-order valence-electron chi connectivity index (χ3n) is 7.03. The summed E-state index contributed by atoms with van der Waals surface area (Å²) in [6, 6.07) is 15.1. The minimum Gasteiger partial charge on any atom is -0.399 e. The molecule has 1 saturated carbocycles. The predicted octanol–water partition coefficient (Wildman–Crippen LogP) is 6.74. The van der Waals surface area contributed by atoms with Gasteiger partial charge in [0.05, 0.1) is 5.52 Å². The standard InChI is InChI=1S/C25H29N5.2C2H6/c26-19-8-9-22-21(16-19)25(28-24(27-22)18-6-7-18)30-14-10-17(11-15-30)20-4-1-2-5-23(20)29-12-3-13-29;2*1-2/h1-2,4-5,8-9,16-18H,3,6-7,10-15,26H2;2*1-2H3. The quantitative estimate of drug-likeness (QED) is 0.438. The van der Waals surface area contributed by atoms with E-state index in [9.17, 15) is 0 Å². The first-order chi connectivity index (χ1) is 16.8. The van der Waals surface area contributed by atoms with Gasteiger partial charge in [-0.2, -0.15) is 0 Å². The topological polar surface area (TPSA) is 58.3 Å². The van der Waals surface area contributed by atoms with E-state index in [1.165, 1.54) is 43.6 Å². The Morgan fingerprint density at radius 2 is 1.47 bits per heavy atom. The van der Waals surface area contributed by atoms with Crippen LogP contribution in [0.3, 0.4) is 0 Å². The summed E-state index contributed by atoms with van der Waals surface area (Å²) >= 11 is 0. The Hall–Kier alpha value is -2.82. The molecule has 5 nitrogen and oxygen atoms in total. The molecule has 0 bridgehead atoms. The molecule has 0 spiro atoms. The lowest BCUT2D eigenvalue weighted by atomic mass is 9.87. The Morgan fingerprint density at radius 1 is 0.765 bits per heavy atom. The predicted molar refractivity (Wildman–Crippen MR) is 146 cm³/mol. The molecular formula is C29H41N5. The van der Waals surface area contributed by atoms with Crippen molar-refractivity contribution in [2.24, 2.45) is 0 Å². The molecule has 3 aliphatic rings. The van der Waals surface area contributed by atoms with Crippen molar-refractivity contribution in [2.75, 3.05) is 41.7 Å². The Kier molecular flexibility index (Phi) is 7.91. The highest BCUT2D eigenvalue weighted by Crippen LogP contribution is 2.41. The van der Waals surface area contributed by atoms with Gasteiger partial charge in [0.1, 0.15) is 11.6 Å². The lowest BCUT2D eigenvalue weighted by Gasteiger charge is -2.38. The lowest BCUT2D eigenvalue weighted by molar-refractivity contribution is 0.499. The van der Waals surface area contributed by atoms with Gasteiger partial charge in [0.15, 0.2) is 0 Å². The van der Waals surface area contributed by atoms with Gasteiger partial charge >= 0.3 is 0 Å². The maximum atomic E-state index is 6.12. The van der Waals surface area contributed by atoms with Crippen molar-refractivity contribution in [3.63, 3.8) is 0 Å². The van der Waals surface area contributed by atoms with Gasteiger partial charge in [-0.3, -0.25) is 0 Å². The highest BCUT2D eigenvalue weighted by molar-refractivity contribution is 5.92. The maximum absolute atomic E-state index is 6.12. The molecule has 2 saturated heterocycles. The van der Waals surface area contributed by atoms with E-state index in [0.717, 1.165) is 54.2 Å². The fourth-order valence-electron chi connectivity index (χ4n) is 4.99. The van der Waals surface area contributed by atoms with Crippen molar-refractivity contribution in [1.82, 2.24) is 9.97 Å². The number of rotatable bonds is 4. The summed E-state index contributed by atoms with van der Waals surface area (Å²) in [5, 5.41) is 1.10. The number of nitrogens with two attached hydrogens (primary N) is 1. The number of piperidine rings is 1. The molecule has 2 N–H and O–H groups in total. The molecule has 0 unspecified atom stereocenters. The van der Waals surface area contributed by atoms with E-state index < -0.39 is 0 Å². The molecule has 3 aromatic rings. The van der Waals surface area contributed by atoms with E-state index in [1.54, 1.807) is 0 Å². The van der Waals surface area contributed by atoms with Crippen LogP contribution in [0.5, 0.6) is 0 Å². The number of hydrogen-bond donors (Lipinski definition) is 1. The van der Waals surface area contributed by atoms with Crippen LogP contribution in [0.15, 0.2) is 42.5 Å². The normalized spacial score (nSPS) is 17.9. The molecule has 6 rings (SSSR count). The molecule has 0 amide bonds. The Morgan fingerprint density at radius 3 is 2.12 bits per heavy atom. The number of fused-ring (bicyclic) bond motifs is 1. The molecular weight excluding hydrogens is 418 g/mol. The van der Waals surface area contributed by atoms with Crippen LogP contribution in [0.1, 0.15) is 83.0 Å². The zero-order chi connectivity index (χ0) is 24.1. The second-order valence-corrected chi connectivity index (χ2v) is 9.12. The minimum absolute atomic E-state index is 0.548. The van der Waals surface area contributed by atoms with E-state index in [0.29, 0.717) is 11.8 Å². The lowest BCUT2D eigenvalue weighted by Crippen LogP contribution is -2.39. The number of nitrogens with zero attached hydrogens (tertiary/aromatic N) is 4. The second-order valence-electron chi connectivity index (χ2n) is 9.12. The van der Waals surface area contributed by atoms with Gasteiger partial charge in [-0.15, -0.1) is 0 Å². The van der Waals surface area contributed by atoms with E-state index in [1.807, 2.05) is 39.8 Å². The van der Waals surface area contributed by atoms with Crippen LogP contribution in [0.2, 0.25) is 0 Å². The number of anilines is 3. The highest BCUT2D eigenvalue weighted by Gasteiger charge is 2.30. The van der Waals surface area contributed by atoms with Crippen molar-refractivity contribution in [3.05, 3.63) is 53.9 Å². The SMILES string of the molecule is CC.CC.Nc1ccc2nc(C3CC3)nc(N3CCC(c4ccccc4N4CCC4)CC3)c2c1. The molecule has 1 aliphatic carbocycles. The molecule has 2 aliphatic heterocycles. The molecule has 3 fully saturated rings. The minimum atomic E-state index is 0.548. The summed E-state index contributed by atoms with van der Waals surface area (Å²) in [4.78, 5) is 14.9. The van der Waals surface area contributed by atoms with Crippen LogP contribution in [0.25, 0.3) is 10.9 Å². The smallest absolute Gasteiger partial charge is 0.140 e. The zero-order valence-electron chi connectivity index (χ0n) is 21.4. The molecule has 3 heterocycles. The van der Waals surface area contributed by atoms with Gasteiger partial charge < -0.3 is 15.5 Å². The highest BCUT2D eigenvalue weighted by atomic mass is 15.2. The monoisotopic (exact) mass is 459 g/mol. The fourth-order valence-corrected chi connectivity index (χ4v) is 4.99. The number of hydrogen-bond acceptors (Lipinski definition) is 5. The average molecular weight is 460 g/mol. The van der Waals surface area contributed by atoms with Crippen LogP contribution in [-0.2, 0) is 0 Å². The first kappa shape index (κ1) is 24.3. The molecule has 5 heteroatoms. The summed E-state index contributed by atoms with van der Waals surface area (Å²) in [6.07, 6.45) is 6.08. The third-order valence-corrected chi connectivity index (χ3v) is 7.03. The van der Waals surface area contributed by atoms with Crippen molar-refractivity contribution in [1.29, 1.82) is 0 Å². The van der Waals surface area contributed by atoms with E-state index in [4.69, 9.17) is 15.7 Å². The molecule has 0 radical (unpaired) electrons. The molecule has 182 valence electrons. The van der Waals surface area contributed by atoms with Crippen molar-refractivity contribution in [3.8, 4) is 0 Å². The maximum Gasteiger partial charge on any atom is 0.140 e. The van der Waals surface area contributed by atoms with E-state index >= 15 is 0 Å². The van der Waals surface area contributed by atoms with Crippen LogP contribution in [0, 0.1) is 0 Å². The third kappa shape index (κ3) is 4.98. The van der Waals surface area contributed by atoms with Gasteiger partial charge in [0.25, 0.3) is 0 Å². The summed E-state index contributed by atoms with van der Waals surface area (Å²) in [6.45, 7) is 12.5. The fraction of sp³-hybridized carbons (Fsp3) is 0.517. The molecule has 2 aromatic carbocycles. The summed E-state index contributed by atoms with van der Waals surface area (Å²) in [7, 11) is 0. The van der Waals surface area contributed by atoms with Crippen LogP contribution >= 0.6 is 0 Å². The largest absolute Gasteiger partial charge is 0.399 e. The van der Waals surface area contributed by atoms with Gasteiger partial charge in [0, 0.05) is 48.9 Å². The average Bonchev–Trinajstić information content (AvgIpc) is 3.71. The van der Waals surface area contributed by atoms with E-state index in [-0.39, 0.29) is 0 Å². The number of para-hydroxylation sites is 1. The first-order valence-corrected chi connectivity index (χ1v) is 13.4. The van der Waals surface area contributed by atoms with Crippen LogP contribution in [-0.4, -0.2) is 36.1 Å². The molecule has 0 atom stereocenters. The molecule has 34 heavy (non-hydrogen) atoms. The second kappa shape index (κ2) is 11.1. The number of aromatic nitrogens is 2. The van der Waals surface area contributed by atoms with Gasteiger partial charge in [-0.25, -0.2) is 9.97 Å². The Bertz CT molecular complexity index is 1080. The Labute approximate surface area is 205 Å². The van der Waals surface area contributed by atoms with Gasteiger partial charge in [-0.05, 0) is 67.9 Å². The van der Waals surface area contributed by atoms with E-state index in [2.05, 4.69) is 40.1 Å². The van der Waals surface area contributed by atoms with Crippen molar-refractivity contribution in [2.45, 2.75) is 71.6 Å². The summed E-state index contributed by atoms with van der Waals surface area (Å²) < 4.78 is 0. The molecule has 1 aromatic heterocycles.